The highest BCUT2D eigenvalue weighted by molar-refractivity contribution is 9.10. The van der Waals surface area contributed by atoms with E-state index in [9.17, 15) is 4.57 Å². The third kappa shape index (κ3) is 2.08. The molecule has 102 valence electrons. The maximum Gasteiger partial charge on any atom is 0.747 e. The summed E-state index contributed by atoms with van der Waals surface area (Å²) < 4.78 is 16.8. The molecule has 3 nitrogen and oxygen atoms in total. The minimum atomic E-state index is -2.64. The fraction of sp³-hybridized carbons (Fsp3) is 0.200. The van der Waals surface area contributed by atoms with Crippen LogP contribution in [0.15, 0.2) is 40.9 Å². The number of benzene rings is 2. The van der Waals surface area contributed by atoms with Crippen LogP contribution in [0.2, 0.25) is 0 Å². The van der Waals surface area contributed by atoms with E-state index in [-0.39, 0.29) is 5.41 Å². The monoisotopic (exact) mass is 351 g/mol. The molecule has 2 aromatic rings. The van der Waals surface area contributed by atoms with Gasteiger partial charge in [-0.3, -0.25) is 0 Å². The van der Waals surface area contributed by atoms with E-state index in [1.54, 1.807) is 6.07 Å². The van der Waals surface area contributed by atoms with Crippen LogP contribution in [-0.2, 0) is 9.98 Å². The van der Waals surface area contributed by atoms with Gasteiger partial charge in [0.05, 0.1) is 0 Å². The first-order valence-corrected chi connectivity index (χ1v) is 8.11. The van der Waals surface area contributed by atoms with E-state index in [4.69, 9.17) is 9.42 Å². The number of fused-ring (bicyclic) bond motifs is 3. The molecule has 1 aliphatic rings. The highest BCUT2D eigenvalue weighted by Gasteiger charge is 2.36. The average molecular weight is 352 g/mol. The first kappa shape index (κ1) is 13.7. The van der Waals surface area contributed by atoms with Crippen molar-refractivity contribution in [2.24, 2.45) is 0 Å². The molecule has 5 heteroatoms. The maximum absolute atomic E-state index is 10.8. The van der Waals surface area contributed by atoms with Gasteiger partial charge in [-0.05, 0) is 46.5 Å². The molecule has 0 aliphatic heterocycles. The largest absolute Gasteiger partial charge is 0.747 e. The molecule has 0 bridgehead atoms. The summed E-state index contributed by atoms with van der Waals surface area (Å²) in [7, 11) is -2.64. The van der Waals surface area contributed by atoms with Crippen molar-refractivity contribution in [3.8, 4) is 16.9 Å². The van der Waals surface area contributed by atoms with Crippen LogP contribution in [0.25, 0.3) is 11.1 Å². The smallest absolute Gasteiger partial charge is 0.229 e. The first-order valence-electron chi connectivity index (χ1n) is 6.18. The van der Waals surface area contributed by atoms with Gasteiger partial charge in [-0.1, -0.05) is 41.9 Å². The SMILES string of the molecule is CC1(C)c2cc(Br)ccc2-c2ccc(O[P+](=O)O)cc21. The Kier molecular flexibility index (Phi) is 3.20. The van der Waals surface area contributed by atoms with Crippen molar-refractivity contribution in [2.45, 2.75) is 19.3 Å². The second-order valence-corrected chi connectivity index (χ2v) is 6.93. The molecule has 1 aliphatic carbocycles. The summed E-state index contributed by atoms with van der Waals surface area (Å²) >= 11 is 3.51. The molecule has 0 saturated heterocycles. The maximum atomic E-state index is 10.8. The van der Waals surface area contributed by atoms with Crippen LogP contribution in [0.1, 0.15) is 25.0 Å². The van der Waals surface area contributed by atoms with Crippen LogP contribution in [0.4, 0.5) is 0 Å². The van der Waals surface area contributed by atoms with Gasteiger partial charge in [-0.2, -0.15) is 0 Å². The summed E-state index contributed by atoms with van der Waals surface area (Å²) in [6, 6.07) is 11.8. The fourth-order valence-electron chi connectivity index (χ4n) is 2.84. The van der Waals surface area contributed by atoms with Gasteiger partial charge in [-0.15, -0.1) is 4.89 Å². The summed E-state index contributed by atoms with van der Waals surface area (Å²) in [4.78, 5) is 8.88. The topological polar surface area (TPSA) is 46.5 Å². The van der Waals surface area contributed by atoms with Gasteiger partial charge >= 0.3 is 8.25 Å². The zero-order valence-electron chi connectivity index (χ0n) is 11.1. The van der Waals surface area contributed by atoms with Crippen molar-refractivity contribution in [1.29, 1.82) is 0 Å². The molecule has 0 radical (unpaired) electrons. The molecule has 0 fully saturated rings. The van der Waals surface area contributed by atoms with Crippen LogP contribution in [0.3, 0.4) is 0 Å². The van der Waals surface area contributed by atoms with E-state index in [1.807, 2.05) is 18.2 Å². The number of hydrogen-bond donors (Lipinski definition) is 1. The van der Waals surface area contributed by atoms with Gasteiger partial charge in [0.1, 0.15) is 0 Å². The van der Waals surface area contributed by atoms with Gasteiger partial charge in [0.25, 0.3) is 0 Å². The minimum absolute atomic E-state index is 0.158. The fourth-order valence-corrected chi connectivity index (χ4v) is 3.49. The Hall–Kier alpha value is -1.22. The lowest BCUT2D eigenvalue weighted by Gasteiger charge is -2.21. The summed E-state index contributed by atoms with van der Waals surface area (Å²) in [6.45, 7) is 4.29. The van der Waals surface area contributed by atoms with Crippen molar-refractivity contribution in [3.63, 3.8) is 0 Å². The van der Waals surface area contributed by atoms with Crippen molar-refractivity contribution in [1.82, 2.24) is 0 Å². The predicted octanol–water partition coefficient (Wildman–Crippen LogP) is 4.78. The molecule has 0 saturated carbocycles. The highest BCUT2D eigenvalue weighted by Crippen LogP contribution is 2.50. The predicted molar refractivity (Wildman–Crippen MR) is 82.2 cm³/mol. The molecule has 2 aromatic carbocycles. The molecule has 0 aromatic heterocycles. The first-order chi connectivity index (χ1) is 9.39. The number of halogens is 1. The Labute approximate surface area is 126 Å². The number of hydrogen-bond acceptors (Lipinski definition) is 2. The summed E-state index contributed by atoms with van der Waals surface area (Å²) in [5, 5.41) is 0. The zero-order valence-corrected chi connectivity index (χ0v) is 13.5. The minimum Gasteiger partial charge on any atom is -0.229 e. The molecule has 1 atom stereocenters. The van der Waals surface area contributed by atoms with E-state index in [1.165, 1.54) is 11.1 Å². The van der Waals surface area contributed by atoms with Crippen LogP contribution in [-0.4, -0.2) is 4.89 Å². The summed E-state index contributed by atoms with van der Waals surface area (Å²) in [5.41, 5.74) is 4.55. The summed E-state index contributed by atoms with van der Waals surface area (Å²) in [5.74, 6) is 0.423. The molecule has 20 heavy (non-hydrogen) atoms. The van der Waals surface area contributed by atoms with Gasteiger partial charge < -0.3 is 0 Å². The lowest BCUT2D eigenvalue weighted by Crippen LogP contribution is -2.14. The van der Waals surface area contributed by atoms with Crippen molar-refractivity contribution < 1.29 is 14.0 Å². The molecule has 1 unspecified atom stereocenters. The lowest BCUT2D eigenvalue weighted by atomic mass is 9.82. The van der Waals surface area contributed by atoms with Gasteiger partial charge in [0.15, 0.2) is 5.75 Å². The van der Waals surface area contributed by atoms with Crippen molar-refractivity contribution in [3.05, 3.63) is 52.0 Å². The van der Waals surface area contributed by atoms with E-state index in [0.29, 0.717) is 5.75 Å². The second-order valence-electron chi connectivity index (χ2n) is 5.35. The van der Waals surface area contributed by atoms with Crippen LogP contribution in [0, 0.1) is 0 Å². The Morgan fingerprint density at radius 3 is 2.35 bits per heavy atom. The van der Waals surface area contributed by atoms with Gasteiger partial charge in [-0.25, -0.2) is 4.52 Å². The summed E-state index contributed by atoms with van der Waals surface area (Å²) in [6.07, 6.45) is 0. The van der Waals surface area contributed by atoms with Crippen molar-refractivity contribution >= 4 is 24.2 Å². The molecule has 0 spiro atoms. The zero-order chi connectivity index (χ0) is 14.5. The quantitative estimate of drug-likeness (QED) is 0.791. The average Bonchev–Trinajstić information content (AvgIpc) is 2.58. The van der Waals surface area contributed by atoms with E-state index >= 15 is 0 Å². The standard InChI is InChI=1S/C15H12BrO3P/c1-15(2)13-7-9(16)3-5-11(13)12-6-4-10(8-14(12)15)19-20(17)18/h3-8H,1-2H3/p+1. The third-order valence-corrected chi connectivity index (χ3v) is 4.65. The Morgan fingerprint density at radius 2 is 1.70 bits per heavy atom. The highest BCUT2D eigenvalue weighted by atomic mass is 79.9. The third-order valence-electron chi connectivity index (χ3n) is 3.79. The van der Waals surface area contributed by atoms with Gasteiger partial charge in [0.2, 0.25) is 0 Å². The molecular weight excluding hydrogens is 339 g/mol. The van der Waals surface area contributed by atoms with Crippen LogP contribution >= 0.6 is 24.2 Å². The number of rotatable bonds is 2. The molecular formula is C15H13BrO3P+. The van der Waals surface area contributed by atoms with Gasteiger partial charge in [0, 0.05) is 14.5 Å². The Morgan fingerprint density at radius 1 is 1.10 bits per heavy atom. The van der Waals surface area contributed by atoms with Crippen LogP contribution in [0.5, 0.6) is 5.75 Å². The molecule has 0 amide bonds. The van der Waals surface area contributed by atoms with E-state index in [2.05, 4.69) is 41.9 Å². The van der Waals surface area contributed by atoms with Crippen molar-refractivity contribution in [2.75, 3.05) is 0 Å². The van der Waals surface area contributed by atoms with E-state index < -0.39 is 8.25 Å². The molecule has 0 heterocycles. The Balaban J connectivity index is 2.19. The second kappa shape index (κ2) is 4.66. The lowest BCUT2D eigenvalue weighted by molar-refractivity contribution is 0.410. The Bertz CT molecular complexity index is 725. The normalized spacial score (nSPS) is 15.5. The molecule has 3 rings (SSSR count). The van der Waals surface area contributed by atoms with Crippen LogP contribution < -0.4 is 4.52 Å². The van der Waals surface area contributed by atoms with E-state index in [0.717, 1.165) is 15.6 Å². The molecule has 1 N–H and O–H groups in total.